The highest BCUT2D eigenvalue weighted by molar-refractivity contribution is 5.00. The third kappa shape index (κ3) is 0.856. The molecule has 58 valence electrons. The van der Waals surface area contributed by atoms with Gasteiger partial charge < -0.3 is 15.6 Å². The van der Waals surface area contributed by atoms with Gasteiger partial charge in [0.05, 0.1) is 19.3 Å². The van der Waals surface area contributed by atoms with E-state index >= 15 is 0 Å². The molecule has 1 heterocycles. The lowest BCUT2D eigenvalue weighted by Gasteiger charge is -2.24. The fraction of sp³-hybridized carbons (Fsp3) is 1.00. The number of hydrogen-bond donors (Lipinski definition) is 2. The number of nitrogens with two attached hydrogens (primary N) is 1. The number of aliphatic hydroxyl groups excluding tert-OH is 1. The van der Waals surface area contributed by atoms with Crippen molar-refractivity contribution in [2.75, 3.05) is 13.2 Å². The van der Waals surface area contributed by atoms with Gasteiger partial charge in [0, 0.05) is 6.04 Å². The average Bonchev–Trinajstić information content (AvgIpc) is 2.68. The van der Waals surface area contributed by atoms with E-state index in [2.05, 4.69) is 0 Å². The standard InChI is InChI=1S/C7H13NO2/c8-6-3-10-7(2-9)5-1-4(5)6/h4-7,9H,1-3,8H2/t4?,5?,6-,7+/m0/s1. The Labute approximate surface area is 60.2 Å². The van der Waals surface area contributed by atoms with Gasteiger partial charge >= 0.3 is 0 Å². The molecule has 0 spiro atoms. The normalized spacial score (nSPS) is 52.2. The molecule has 1 saturated carbocycles. The van der Waals surface area contributed by atoms with Gasteiger partial charge in [0.1, 0.15) is 0 Å². The lowest BCUT2D eigenvalue weighted by Crippen LogP contribution is -2.39. The molecular weight excluding hydrogens is 130 g/mol. The highest BCUT2D eigenvalue weighted by Gasteiger charge is 2.50. The zero-order chi connectivity index (χ0) is 7.14. The monoisotopic (exact) mass is 143 g/mol. The molecule has 3 nitrogen and oxygen atoms in total. The van der Waals surface area contributed by atoms with Gasteiger partial charge in [0.2, 0.25) is 0 Å². The van der Waals surface area contributed by atoms with Crippen LogP contribution in [-0.4, -0.2) is 30.5 Å². The summed E-state index contributed by atoms with van der Waals surface area (Å²) in [5.41, 5.74) is 5.73. The summed E-state index contributed by atoms with van der Waals surface area (Å²) in [5.74, 6) is 1.21. The van der Waals surface area contributed by atoms with Gasteiger partial charge in [-0.15, -0.1) is 0 Å². The summed E-state index contributed by atoms with van der Waals surface area (Å²) in [7, 11) is 0. The minimum atomic E-state index is 0.0878. The Bertz CT molecular complexity index is 140. The predicted octanol–water partition coefficient (Wildman–Crippen LogP) is -0.659. The molecule has 1 saturated heterocycles. The maximum Gasteiger partial charge on any atom is 0.0837 e. The minimum absolute atomic E-state index is 0.0878. The van der Waals surface area contributed by atoms with E-state index in [1.165, 1.54) is 0 Å². The molecule has 1 aliphatic carbocycles. The van der Waals surface area contributed by atoms with Crippen LogP contribution >= 0.6 is 0 Å². The molecule has 3 N–H and O–H groups in total. The van der Waals surface area contributed by atoms with Gasteiger partial charge in [0.25, 0.3) is 0 Å². The lowest BCUT2D eigenvalue weighted by molar-refractivity contribution is -0.0336. The van der Waals surface area contributed by atoms with E-state index in [1.54, 1.807) is 0 Å². The van der Waals surface area contributed by atoms with E-state index in [-0.39, 0.29) is 18.8 Å². The first-order valence-electron chi connectivity index (χ1n) is 3.81. The molecule has 2 unspecified atom stereocenters. The van der Waals surface area contributed by atoms with E-state index in [9.17, 15) is 0 Å². The van der Waals surface area contributed by atoms with Crippen molar-refractivity contribution in [1.82, 2.24) is 0 Å². The molecule has 10 heavy (non-hydrogen) atoms. The van der Waals surface area contributed by atoms with Crippen LogP contribution in [-0.2, 0) is 4.74 Å². The molecule has 0 aromatic rings. The Morgan fingerprint density at radius 2 is 2.30 bits per heavy atom. The Kier molecular flexibility index (Phi) is 1.44. The molecule has 0 aromatic carbocycles. The van der Waals surface area contributed by atoms with E-state index < -0.39 is 0 Å². The Morgan fingerprint density at radius 1 is 1.50 bits per heavy atom. The average molecular weight is 143 g/mol. The van der Waals surface area contributed by atoms with Gasteiger partial charge in [-0.3, -0.25) is 0 Å². The largest absolute Gasteiger partial charge is 0.394 e. The summed E-state index contributed by atoms with van der Waals surface area (Å²) >= 11 is 0. The number of rotatable bonds is 1. The third-order valence-corrected chi connectivity index (χ3v) is 2.60. The van der Waals surface area contributed by atoms with Crippen LogP contribution in [0.3, 0.4) is 0 Å². The van der Waals surface area contributed by atoms with Gasteiger partial charge in [-0.25, -0.2) is 0 Å². The summed E-state index contributed by atoms with van der Waals surface area (Å²) < 4.78 is 5.32. The van der Waals surface area contributed by atoms with Crippen LogP contribution in [0.2, 0.25) is 0 Å². The fourth-order valence-electron chi connectivity index (χ4n) is 1.83. The summed E-state index contributed by atoms with van der Waals surface area (Å²) in [5, 5.41) is 8.81. The topological polar surface area (TPSA) is 55.5 Å². The predicted molar refractivity (Wildman–Crippen MR) is 36.4 cm³/mol. The van der Waals surface area contributed by atoms with Gasteiger partial charge in [0.15, 0.2) is 0 Å². The number of fused-ring (bicyclic) bond motifs is 1. The van der Waals surface area contributed by atoms with Crippen molar-refractivity contribution < 1.29 is 9.84 Å². The van der Waals surface area contributed by atoms with Crippen LogP contribution < -0.4 is 5.73 Å². The van der Waals surface area contributed by atoms with Crippen LogP contribution in [0.15, 0.2) is 0 Å². The van der Waals surface area contributed by atoms with Crippen LogP contribution in [0, 0.1) is 11.8 Å². The third-order valence-electron chi connectivity index (χ3n) is 2.60. The van der Waals surface area contributed by atoms with Crippen molar-refractivity contribution in [3.8, 4) is 0 Å². The fourth-order valence-corrected chi connectivity index (χ4v) is 1.83. The summed E-state index contributed by atoms with van der Waals surface area (Å²) in [4.78, 5) is 0. The molecule has 0 aromatic heterocycles. The highest BCUT2D eigenvalue weighted by Crippen LogP contribution is 2.46. The molecule has 1 aliphatic heterocycles. The smallest absolute Gasteiger partial charge is 0.0837 e. The van der Waals surface area contributed by atoms with Crippen LogP contribution in [0.1, 0.15) is 6.42 Å². The Hall–Kier alpha value is -0.120. The summed E-state index contributed by atoms with van der Waals surface area (Å²) in [6, 6.07) is 0.229. The molecule has 0 radical (unpaired) electrons. The molecule has 4 atom stereocenters. The highest BCUT2D eigenvalue weighted by atomic mass is 16.5. The maximum absolute atomic E-state index is 8.81. The zero-order valence-corrected chi connectivity index (χ0v) is 5.86. The van der Waals surface area contributed by atoms with E-state index in [0.717, 1.165) is 6.42 Å². The number of ether oxygens (including phenoxy) is 1. The second-order valence-electron chi connectivity index (χ2n) is 3.28. The van der Waals surface area contributed by atoms with Crippen molar-refractivity contribution in [3.05, 3.63) is 0 Å². The van der Waals surface area contributed by atoms with E-state index in [0.29, 0.717) is 18.4 Å². The van der Waals surface area contributed by atoms with Crippen molar-refractivity contribution >= 4 is 0 Å². The molecule has 2 aliphatic rings. The van der Waals surface area contributed by atoms with Crippen LogP contribution in [0.5, 0.6) is 0 Å². The number of aliphatic hydroxyl groups is 1. The van der Waals surface area contributed by atoms with Crippen molar-refractivity contribution in [3.63, 3.8) is 0 Å². The molecule has 2 rings (SSSR count). The van der Waals surface area contributed by atoms with Crippen molar-refractivity contribution in [1.29, 1.82) is 0 Å². The van der Waals surface area contributed by atoms with Crippen molar-refractivity contribution in [2.24, 2.45) is 17.6 Å². The second-order valence-corrected chi connectivity index (χ2v) is 3.28. The van der Waals surface area contributed by atoms with Crippen molar-refractivity contribution in [2.45, 2.75) is 18.6 Å². The SMILES string of the molecule is N[C@H]1CO[C@H](CO)C2CC21. The van der Waals surface area contributed by atoms with Gasteiger partial charge in [-0.1, -0.05) is 0 Å². The van der Waals surface area contributed by atoms with Gasteiger partial charge in [-0.2, -0.15) is 0 Å². The van der Waals surface area contributed by atoms with E-state index in [4.69, 9.17) is 15.6 Å². The van der Waals surface area contributed by atoms with Gasteiger partial charge in [-0.05, 0) is 18.3 Å². The molecule has 2 fully saturated rings. The summed E-state index contributed by atoms with van der Waals surface area (Å²) in [6.45, 7) is 0.792. The lowest BCUT2D eigenvalue weighted by atomic mass is 10.1. The molecule has 3 heteroatoms. The van der Waals surface area contributed by atoms with Crippen LogP contribution in [0.4, 0.5) is 0 Å². The Morgan fingerprint density at radius 3 is 3.00 bits per heavy atom. The Balaban J connectivity index is 1.95. The first-order valence-corrected chi connectivity index (χ1v) is 3.81. The molecular formula is C7H13NO2. The second kappa shape index (κ2) is 2.19. The quantitative estimate of drug-likeness (QED) is 0.512. The summed E-state index contributed by atoms with van der Waals surface area (Å²) in [6.07, 6.45) is 1.25. The zero-order valence-electron chi connectivity index (χ0n) is 5.86. The first kappa shape index (κ1) is 6.58. The maximum atomic E-state index is 8.81. The van der Waals surface area contributed by atoms with Crippen LogP contribution in [0.25, 0.3) is 0 Å². The molecule has 0 bridgehead atoms. The molecule has 0 amide bonds. The minimum Gasteiger partial charge on any atom is -0.394 e. The van der Waals surface area contributed by atoms with E-state index in [1.807, 2.05) is 0 Å². The first-order chi connectivity index (χ1) is 4.83. The number of hydrogen-bond acceptors (Lipinski definition) is 3.